The zero-order valence-electron chi connectivity index (χ0n) is 14.1. The van der Waals surface area contributed by atoms with E-state index >= 15 is 0 Å². The van der Waals surface area contributed by atoms with Crippen LogP contribution in [0.5, 0.6) is 11.5 Å². The van der Waals surface area contributed by atoms with E-state index in [4.69, 9.17) is 9.05 Å². The minimum absolute atomic E-state index is 0.0227. The van der Waals surface area contributed by atoms with Crippen molar-refractivity contribution in [1.29, 1.82) is 0 Å². The first-order valence-electron chi connectivity index (χ1n) is 7.70. The standard InChI is InChI=1S/C19H25O2P/c1-6-19(4,5)22(20-17-11-7-15(2)8-12-17)21-18-13-9-16(3)10-14-18/h7-14H,6H2,1-5H3. The second-order valence-corrected chi connectivity index (χ2v) is 8.32. The summed E-state index contributed by atoms with van der Waals surface area (Å²) >= 11 is 0. The Kier molecular flexibility index (Phi) is 5.47. The zero-order chi connectivity index (χ0) is 16.2. The van der Waals surface area contributed by atoms with E-state index in [1.54, 1.807) is 0 Å². The molecule has 2 aromatic carbocycles. The molecular weight excluding hydrogens is 291 g/mol. The molecule has 0 N–H and O–H groups in total. The second-order valence-electron chi connectivity index (χ2n) is 6.23. The van der Waals surface area contributed by atoms with Crippen LogP contribution in [0.3, 0.4) is 0 Å². The molecule has 0 aliphatic rings. The van der Waals surface area contributed by atoms with Crippen molar-refractivity contribution in [2.45, 2.75) is 46.2 Å². The third-order valence-electron chi connectivity index (χ3n) is 3.78. The van der Waals surface area contributed by atoms with Gasteiger partial charge in [0.25, 0.3) is 8.38 Å². The summed E-state index contributed by atoms with van der Waals surface area (Å²) in [5.74, 6) is 1.73. The van der Waals surface area contributed by atoms with Crippen LogP contribution in [0, 0.1) is 13.8 Å². The normalized spacial score (nSPS) is 11.5. The van der Waals surface area contributed by atoms with E-state index in [-0.39, 0.29) is 5.16 Å². The predicted molar refractivity (Wildman–Crippen MR) is 94.9 cm³/mol. The summed E-state index contributed by atoms with van der Waals surface area (Å²) in [6, 6.07) is 16.3. The number of hydrogen-bond acceptors (Lipinski definition) is 2. The van der Waals surface area contributed by atoms with Crippen LogP contribution in [0.4, 0.5) is 0 Å². The van der Waals surface area contributed by atoms with Crippen molar-refractivity contribution < 1.29 is 9.05 Å². The van der Waals surface area contributed by atoms with Crippen LogP contribution < -0.4 is 9.05 Å². The van der Waals surface area contributed by atoms with E-state index in [1.165, 1.54) is 11.1 Å². The Hall–Kier alpha value is -1.53. The molecule has 22 heavy (non-hydrogen) atoms. The molecule has 0 amide bonds. The highest BCUT2D eigenvalue weighted by atomic mass is 31.2. The Balaban J connectivity index is 2.19. The summed E-state index contributed by atoms with van der Waals surface area (Å²) < 4.78 is 12.4. The third kappa shape index (κ3) is 4.48. The molecule has 2 nitrogen and oxygen atoms in total. The average Bonchev–Trinajstić information content (AvgIpc) is 2.51. The molecule has 0 aliphatic carbocycles. The summed E-state index contributed by atoms with van der Waals surface area (Å²) in [5, 5.41) is -0.0227. The maximum atomic E-state index is 6.20. The largest absolute Gasteiger partial charge is 0.438 e. The third-order valence-corrected chi connectivity index (χ3v) is 5.84. The van der Waals surface area contributed by atoms with Crippen molar-refractivity contribution >= 4 is 8.38 Å². The Morgan fingerprint density at radius 1 is 0.773 bits per heavy atom. The lowest BCUT2D eigenvalue weighted by Gasteiger charge is -2.31. The highest BCUT2D eigenvalue weighted by Gasteiger charge is 2.34. The van der Waals surface area contributed by atoms with Gasteiger partial charge in [-0.15, -0.1) is 0 Å². The van der Waals surface area contributed by atoms with Gasteiger partial charge in [0.1, 0.15) is 11.5 Å². The Morgan fingerprint density at radius 2 is 1.14 bits per heavy atom. The Labute approximate surface area is 135 Å². The Morgan fingerprint density at radius 3 is 1.45 bits per heavy atom. The monoisotopic (exact) mass is 316 g/mol. The molecule has 0 radical (unpaired) electrons. The molecule has 0 bridgehead atoms. The Bertz CT molecular complexity index is 540. The number of hydrogen-bond donors (Lipinski definition) is 0. The van der Waals surface area contributed by atoms with Gasteiger partial charge in [0, 0.05) is 0 Å². The van der Waals surface area contributed by atoms with E-state index in [0.717, 1.165) is 17.9 Å². The first kappa shape index (κ1) is 16.8. The smallest absolute Gasteiger partial charge is 0.296 e. The van der Waals surface area contributed by atoms with Crippen LogP contribution in [-0.2, 0) is 0 Å². The molecule has 0 atom stereocenters. The maximum absolute atomic E-state index is 6.20. The van der Waals surface area contributed by atoms with Crippen molar-refractivity contribution in [3.63, 3.8) is 0 Å². The van der Waals surface area contributed by atoms with E-state index in [0.29, 0.717) is 0 Å². The lowest BCUT2D eigenvalue weighted by atomic mass is 10.1. The lowest BCUT2D eigenvalue weighted by Crippen LogP contribution is -2.21. The van der Waals surface area contributed by atoms with Crippen LogP contribution in [-0.4, -0.2) is 5.16 Å². The van der Waals surface area contributed by atoms with Crippen molar-refractivity contribution in [2.24, 2.45) is 0 Å². The van der Waals surface area contributed by atoms with Crippen molar-refractivity contribution in [1.82, 2.24) is 0 Å². The fourth-order valence-corrected chi connectivity index (χ4v) is 3.20. The van der Waals surface area contributed by atoms with Crippen LogP contribution in [0.15, 0.2) is 48.5 Å². The molecule has 118 valence electrons. The van der Waals surface area contributed by atoms with E-state index in [9.17, 15) is 0 Å². The van der Waals surface area contributed by atoms with Gasteiger partial charge in [-0.25, -0.2) is 0 Å². The summed E-state index contributed by atoms with van der Waals surface area (Å²) in [5.41, 5.74) is 2.46. The number of aryl methyl sites for hydroxylation is 2. The fraction of sp³-hybridized carbons (Fsp3) is 0.368. The van der Waals surface area contributed by atoms with E-state index < -0.39 is 8.38 Å². The van der Waals surface area contributed by atoms with E-state index in [2.05, 4.69) is 58.9 Å². The zero-order valence-corrected chi connectivity index (χ0v) is 15.0. The van der Waals surface area contributed by atoms with Crippen LogP contribution >= 0.6 is 8.38 Å². The number of benzene rings is 2. The summed E-state index contributed by atoms with van der Waals surface area (Å²) in [7, 11) is -1.08. The van der Waals surface area contributed by atoms with Crippen LogP contribution in [0.25, 0.3) is 0 Å². The van der Waals surface area contributed by atoms with Gasteiger partial charge in [-0.3, -0.25) is 0 Å². The molecule has 0 aliphatic heterocycles. The topological polar surface area (TPSA) is 18.5 Å². The molecule has 2 aromatic rings. The van der Waals surface area contributed by atoms with Gasteiger partial charge in [-0.1, -0.05) is 42.3 Å². The molecular formula is C19H25O2P. The first-order valence-corrected chi connectivity index (χ1v) is 8.88. The van der Waals surface area contributed by atoms with Gasteiger partial charge in [0.15, 0.2) is 0 Å². The fourth-order valence-electron chi connectivity index (χ4n) is 1.78. The second kappa shape index (κ2) is 7.15. The van der Waals surface area contributed by atoms with Crippen molar-refractivity contribution in [2.75, 3.05) is 0 Å². The quantitative estimate of drug-likeness (QED) is 0.585. The molecule has 0 aromatic heterocycles. The summed E-state index contributed by atoms with van der Waals surface area (Å²) in [6.45, 7) is 10.7. The van der Waals surface area contributed by atoms with Crippen molar-refractivity contribution in [3.8, 4) is 11.5 Å². The van der Waals surface area contributed by atoms with Gasteiger partial charge in [0.2, 0.25) is 0 Å². The SMILES string of the molecule is CCC(C)(C)P(Oc1ccc(C)cc1)Oc1ccc(C)cc1. The highest BCUT2D eigenvalue weighted by molar-refractivity contribution is 7.49. The van der Waals surface area contributed by atoms with Gasteiger partial charge >= 0.3 is 0 Å². The molecule has 0 fully saturated rings. The molecule has 0 spiro atoms. The number of rotatable bonds is 6. The lowest BCUT2D eigenvalue weighted by molar-refractivity contribution is 0.441. The summed E-state index contributed by atoms with van der Waals surface area (Å²) in [4.78, 5) is 0. The highest BCUT2D eigenvalue weighted by Crippen LogP contribution is 2.53. The predicted octanol–water partition coefficient (Wildman–Crippen LogP) is 6.26. The average molecular weight is 316 g/mol. The molecule has 0 unspecified atom stereocenters. The van der Waals surface area contributed by atoms with Gasteiger partial charge < -0.3 is 9.05 Å². The first-order chi connectivity index (χ1) is 10.4. The van der Waals surface area contributed by atoms with Gasteiger partial charge in [-0.05, 0) is 58.4 Å². The summed E-state index contributed by atoms with van der Waals surface area (Å²) in [6.07, 6.45) is 0.996. The van der Waals surface area contributed by atoms with Gasteiger partial charge in [0.05, 0.1) is 5.16 Å². The van der Waals surface area contributed by atoms with Crippen LogP contribution in [0.2, 0.25) is 0 Å². The van der Waals surface area contributed by atoms with Crippen molar-refractivity contribution in [3.05, 3.63) is 59.7 Å². The molecule has 0 heterocycles. The van der Waals surface area contributed by atoms with E-state index in [1.807, 2.05) is 24.3 Å². The molecule has 3 heteroatoms. The maximum Gasteiger partial charge on any atom is 0.296 e. The molecule has 2 rings (SSSR count). The molecule has 0 saturated heterocycles. The minimum Gasteiger partial charge on any atom is -0.438 e. The molecule has 0 saturated carbocycles. The minimum atomic E-state index is -1.08. The van der Waals surface area contributed by atoms with Gasteiger partial charge in [-0.2, -0.15) is 0 Å². The van der Waals surface area contributed by atoms with Crippen LogP contribution in [0.1, 0.15) is 38.3 Å².